The Kier molecular flexibility index (Phi) is 5.51. The predicted octanol–water partition coefficient (Wildman–Crippen LogP) is 2.10. The van der Waals surface area contributed by atoms with Gasteiger partial charge in [0.25, 0.3) is 11.1 Å². The fraction of sp³-hybridized carbons (Fsp3) is 0.0500. The Labute approximate surface area is 195 Å². The van der Waals surface area contributed by atoms with Crippen molar-refractivity contribution in [1.82, 2.24) is 50.8 Å². The van der Waals surface area contributed by atoms with E-state index in [0.29, 0.717) is 22.2 Å². The highest BCUT2D eigenvalue weighted by molar-refractivity contribution is 5.82. The molecule has 0 aliphatic heterocycles. The first kappa shape index (κ1) is 22.5. The van der Waals surface area contributed by atoms with Crippen LogP contribution in [0, 0.1) is 0 Å². The lowest BCUT2D eigenvalue weighted by molar-refractivity contribution is -0.156. The van der Waals surface area contributed by atoms with Crippen LogP contribution in [0.1, 0.15) is 5.89 Å². The maximum absolute atomic E-state index is 12.4. The first-order valence-corrected chi connectivity index (χ1v) is 9.89. The van der Waals surface area contributed by atoms with Crippen molar-refractivity contribution in [3.63, 3.8) is 0 Å². The lowest BCUT2D eigenvalue weighted by atomic mass is 10.1. The molecule has 0 saturated carbocycles. The van der Waals surface area contributed by atoms with Crippen LogP contribution in [0.2, 0.25) is 0 Å². The number of tetrazole rings is 1. The van der Waals surface area contributed by atoms with Gasteiger partial charge in [-0.3, -0.25) is 9.59 Å². The molecule has 36 heavy (non-hydrogen) atoms. The molecule has 180 valence electrons. The van der Waals surface area contributed by atoms with Crippen LogP contribution in [-0.4, -0.2) is 50.8 Å². The Morgan fingerprint density at radius 1 is 0.778 bits per heavy atom. The van der Waals surface area contributed by atoms with Crippen molar-refractivity contribution in [2.75, 3.05) is 0 Å². The molecular weight excluding hydrogens is 485 g/mol. The SMILES string of the molecule is O=c1[nH]cnc2ccc(-c3nnc(C(F)(F)F)o3)cc12.O=c1[nH]cnc2ccc(-c3nnn[nH]3)cc12. The molecule has 0 radical (unpaired) electrons. The van der Waals surface area contributed by atoms with Crippen LogP contribution in [0.3, 0.4) is 0 Å². The maximum atomic E-state index is 12.4. The molecule has 4 aromatic heterocycles. The van der Waals surface area contributed by atoms with Crippen LogP contribution in [0.15, 0.2) is 63.1 Å². The molecule has 0 aliphatic rings. The van der Waals surface area contributed by atoms with Crippen molar-refractivity contribution in [3.8, 4) is 22.8 Å². The molecule has 0 aliphatic carbocycles. The first-order chi connectivity index (χ1) is 17.3. The van der Waals surface area contributed by atoms with Gasteiger partial charge in [-0.2, -0.15) is 13.2 Å². The number of benzene rings is 2. The summed E-state index contributed by atoms with van der Waals surface area (Å²) >= 11 is 0. The van der Waals surface area contributed by atoms with Gasteiger partial charge in [-0.15, -0.1) is 15.3 Å². The van der Waals surface area contributed by atoms with E-state index >= 15 is 0 Å². The standard InChI is InChI=1S/C11H5F3N4O2.C9H6N6O/c12-11(13,14)10-18-17-9(20-10)5-1-2-7-6(3-5)8(19)16-4-15-7;16-9-6-3-5(8-12-14-15-13-8)1-2-7(6)10-4-11-9/h1-4H,(H,15,16,19);1-4H,(H,10,11,16)(H,12,13,14,15). The van der Waals surface area contributed by atoms with Gasteiger partial charge in [0.05, 0.1) is 34.5 Å². The third kappa shape index (κ3) is 4.41. The molecule has 0 saturated heterocycles. The molecule has 13 nitrogen and oxygen atoms in total. The molecule has 0 atom stereocenters. The van der Waals surface area contributed by atoms with E-state index in [1.54, 1.807) is 18.2 Å². The van der Waals surface area contributed by atoms with E-state index in [0.717, 1.165) is 5.56 Å². The number of rotatable bonds is 2. The Morgan fingerprint density at radius 2 is 1.39 bits per heavy atom. The van der Waals surface area contributed by atoms with Gasteiger partial charge in [-0.25, -0.2) is 15.1 Å². The number of nitrogens with one attached hydrogen (secondary N) is 3. The van der Waals surface area contributed by atoms with Crippen LogP contribution < -0.4 is 11.1 Å². The van der Waals surface area contributed by atoms with E-state index in [2.05, 4.69) is 55.2 Å². The summed E-state index contributed by atoms with van der Waals surface area (Å²) in [6, 6.07) is 9.53. The normalized spacial score (nSPS) is 11.4. The average Bonchev–Trinajstić information content (AvgIpc) is 3.58. The molecule has 2 aromatic carbocycles. The summed E-state index contributed by atoms with van der Waals surface area (Å²) in [7, 11) is 0. The van der Waals surface area contributed by atoms with Gasteiger partial charge >= 0.3 is 12.1 Å². The van der Waals surface area contributed by atoms with Crippen LogP contribution in [0.4, 0.5) is 13.2 Å². The van der Waals surface area contributed by atoms with E-state index in [4.69, 9.17) is 0 Å². The van der Waals surface area contributed by atoms with Gasteiger partial charge in [0.2, 0.25) is 5.89 Å². The quantitative estimate of drug-likeness (QED) is 0.321. The molecule has 3 N–H and O–H groups in total. The van der Waals surface area contributed by atoms with Crippen molar-refractivity contribution >= 4 is 21.8 Å². The van der Waals surface area contributed by atoms with E-state index < -0.39 is 17.6 Å². The number of H-pyrrole nitrogens is 3. The van der Waals surface area contributed by atoms with Crippen molar-refractivity contribution in [1.29, 1.82) is 0 Å². The molecule has 0 fully saturated rings. The Morgan fingerprint density at radius 3 is 1.94 bits per heavy atom. The summed E-state index contributed by atoms with van der Waals surface area (Å²) in [5.74, 6) is -1.24. The summed E-state index contributed by atoms with van der Waals surface area (Å²) in [5, 5.41) is 20.3. The Hall–Kier alpha value is -5.28. The molecule has 4 heterocycles. The predicted molar refractivity (Wildman–Crippen MR) is 116 cm³/mol. The minimum atomic E-state index is -4.71. The van der Waals surface area contributed by atoms with Crippen molar-refractivity contribution in [2.45, 2.75) is 6.18 Å². The first-order valence-electron chi connectivity index (χ1n) is 9.89. The second kappa shape index (κ2) is 8.82. The van der Waals surface area contributed by atoms with Gasteiger partial charge in [-0.05, 0) is 46.8 Å². The molecule has 6 rings (SSSR count). The maximum Gasteiger partial charge on any atom is 0.470 e. The van der Waals surface area contributed by atoms with Gasteiger partial charge in [-0.1, -0.05) is 0 Å². The number of aromatic amines is 3. The van der Waals surface area contributed by atoms with Crippen LogP contribution >= 0.6 is 0 Å². The Balaban J connectivity index is 0.000000152. The smallest absolute Gasteiger partial charge is 0.413 e. The summed E-state index contributed by atoms with van der Waals surface area (Å²) in [6.07, 6.45) is -2.10. The Bertz CT molecular complexity index is 1790. The molecule has 0 spiro atoms. The number of fused-ring (bicyclic) bond motifs is 2. The summed E-state index contributed by atoms with van der Waals surface area (Å²) in [5.41, 5.74) is 1.41. The molecular formula is C20H11F3N10O3. The highest BCUT2D eigenvalue weighted by Gasteiger charge is 2.38. The number of alkyl halides is 3. The van der Waals surface area contributed by atoms with E-state index in [-0.39, 0.29) is 22.4 Å². The second-order valence-corrected chi connectivity index (χ2v) is 7.09. The lowest BCUT2D eigenvalue weighted by Crippen LogP contribution is -2.06. The molecule has 16 heteroatoms. The minimum absolute atomic E-state index is 0.181. The van der Waals surface area contributed by atoms with Crippen LogP contribution in [-0.2, 0) is 6.18 Å². The van der Waals surface area contributed by atoms with E-state index in [9.17, 15) is 22.8 Å². The lowest BCUT2D eigenvalue weighted by Gasteiger charge is -1.99. The zero-order chi connectivity index (χ0) is 25.3. The van der Waals surface area contributed by atoms with Crippen molar-refractivity contribution in [3.05, 3.63) is 75.7 Å². The summed E-state index contributed by atoms with van der Waals surface area (Å²) < 4.78 is 41.7. The molecule has 6 aromatic rings. The van der Waals surface area contributed by atoms with E-state index in [1.165, 1.54) is 30.9 Å². The zero-order valence-electron chi connectivity index (χ0n) is 17.6. The third-order valence-corrected chi connectivity index (χ3v) is 4.81. The van der Waals surface area contributed by atoms with Gasteiger partial charge < -0.3 is 14.4 Å². The fourth-order valence-electron chi connectivity index (χ4n) is 3.15. The third-order valence-electron chi connectivity index (χ3n) is 4.81. The number of hydrogen-bond acceptors (Lipinski definition) is 10. The summed E-state index contributed by atoms with van der Waals surface area (Å²) in [4.78, 5) is 36.0. The highest BCUT2D eigenvalue weighted by atomic mass is 19.4. The molecule has 0 bridgehead atoms. The van der Waals surface area contributed by atoms with Crippen molar-refractivity contribution in [2.24, 2.45) is 0 Å². The topological polar surface area (TPSA) is 185 Å². The molecule has 0 amide bonds. The minimum Gasteiger partial charge on any atom is -0.413 e. The zero-order valence-corrected chi connectivity index (χ0v) is 17.6. The fourth-order valence-corrected chi connectivity index (χ4v) is 3.15. The van der Waals surface area contributed by atoms with E-state index in [1.807, 2.05) is 0 Å². The number of hydrogen-bond donors (Lipinski definition) is 3. The van der Waals surface area contributed by atoms with Crippen LogP contribution in [0.25, 0.3) is 44.6 Å². The van der Waals surface area contributed by atoms with Crippen molar-refractivity contribution < 1.29 is 17.6 Å². The van der Waals surface area contributed by atoms with Gasteiger partial charge in [0.1, 0.15) is 0 Å². The number of aromatic nitrogens is 10. The number of halogens is 3. The highest BCUT2D eigenvalue weighted by Crippen LogP contribution is 2.30. The molecule has 0 unspecified atom stereocenters. The van der Waals surface area contributed by atoms with Gasteiger partial charge in [0.15, 0.2) is 5.82 Å². The summed E-state index contributed by atoms with van der Waals surface area (Å²) in [6.45, 7) is 0. The second-order valence-electron chi connectivity index (χ2n) is 7.09. The number of nitrogens with zero attached hydrogens (tertiary/aromatic N) is 7. The average molecular weight is 496 g/mol. The largest absolute Gasteiger partial charge is 0.470 e. The monoisotopic (exact) mass is 496 g/mol. The van der Waals surface area contributed by atoms with Gasteiger partial charge in [0, 0.05) is 11.1 Å². The van der Waals surface area contributed by atoms with Crippen LogP contribution in [0.5, 0.6) is 0 Å².